The number of nitrogens with zero attached hydrogens (tertiary/aromatic N) is 2. The Morgan fingerprint density at radius 3 is 2.54 bits per heavy atom. The fourth-order valence-corrected chi connectivity index (χ4v) is 4.76. The van der Waals surface area contributed by atoms with Crippen LogP contribution in [0, 0.1) is 5.92 Å². The molecule has 0 bridgehead atoms. The van der Waals surface area contributed by atoms with Crippen LogP contribution in [0.2, 0.25) is 0 Å². The molecule has 1 atom stereocenters. The van der Waals surface area contributed by atoms with Crippen molar-refractivity contribution < 1.29 is 9.59 Å². The number of hydrogen-bond acceptors (Lipinski definition) is 4. The summed E-state index contributed by atoms with van der Waals surface area (Å²) in [5.74, 6) is 0.168. The highest BCUT2D eigenvalue weighted by Gasteiger charge is 2.27. The Bertz CT molecular complexity index is 1090. The predicted molar refractivity (Wildman–Crippen MR) is 149 cm³/mol. The summed E-state index contributed by atoms with van der Waals surface area (Å²) in [5.41, 5.74) is 1.96. The van der Waals surface area contributed by atoms with E-state index in [-0.39, 0.29) is 28.5 Å². The molecule has 0 saturated carbocycles. The van der Waals surface area contributed by atoms with Crippen molar-refractivity contribution in [2.45, 2.75) is 65.3 Å². The van der Waals surface area contributed by atoms with Gasteiger partial charge in [-0.1, -0.05) is 32.9 Å². The summed E-state index contributed by atoms with van der Waals surface area (Å²) in [7, 11) is 0. The number of aromatic nitrogens is 1. The molecule has 37 heavy (non-hydrogen) atoms. The van der Waals surface area contributed by atoms with Gasteiger partial charge in [-0.15, -0.1) is 0 Å². The summed E-state index contributed by atoms with van der Waals surface area (Å²) in [5, 5.41) is 5.86. The first-order chi connectivity index (χ1) is 17.5. The van der Waals surface area contributed by atoms with Crippen LogP contribution in [-0.4, -0.2) is 65.5 Å². The molecule has 2 aromatic rings. The number of benzene rings is 1. The standard InChI is InChI=1S/C29H43N5O3/c1-21(2)33(18-8-16-31-28(37)32-24-13-11-23(12-14-24)29(3,4)5)19-22-9-7-17-34(20-22)27(36)25-10-6-15-30-26(25)35/h6,10-15,21-22H,7-9,16-20H2,1-5H3,(H,30,35)(H2,31,32,37). The first-order valence-corrected chi connectivity index (χ1v) is 13.4. The highest BCUT2D eigenvalue weighted by molar-refractivity contribution is 5.93. The number of carbonyl (C=O) groups excluding carboxylic acids is 2. The maximum absolute atomic E-state index is 12.9. The lowest BCUT2D eigenvalue weighted by Gasteiger charge is -2.37. The second-order valence-corrected chi connectivity index (χ2v) is 11.3. The van der Waals surface area contributed by atoms with E-state index in [2.05, 4.69) is 55.1 Å². The van der Waals surface area contributed by atoms with Crippen LogP contribution >= 0.6 is 0 Å². The van der Waals surface area contributed by atoms with Crippen LogP contribution in [0.3, 0.4) is 0 Å². The number of anilines is 1. The van der Waals surface area contributed by atoms with Crippen molar-refractivity contribution in [2.24, 2.45) is 5.92 Å². The van der Waals surface area contributed by atoms with Crippen LogP contribution in [0.25, 0.3) is 0 Å². The second-order valence-electron chi connectivity index (χ2n) is 11.3. The fraction of sp³-hybridized carbons (Fsp3) is 0.552. The number of pyridine rings is 1. The van der Waals surface area contributed by atoms with Gasteiger partial charge in [0.2, 0.25) is 0 Å². The van der Waals surface area contributed by atoms with Crippen molar-refractivity contribution in [3.8, 4) is 0 Å². The van der Waals surface area contributed by atoms with Crippen molar-refractivity contribution in [3.05, 3.63) is 64.1 Å². The molecular weight excluding hydrogens is 466 g/mol. The first kappa shape index (κ1) is 28.4. The molecule has 0 aliphatic carbocycles. The van der Waals surface area contributed by atoms with Gasteiger partial charge in [-0.25, -0.2) is 4.79 Å². The van der Waals surface area contributed by atoms with Gasteiger partial charge in [0, 0.05) is 50.6 Å². The molecule has 1 aromatic heterocycles. The lowest BCUT2D eigenvalue weighted by atomic mass is 9.87. The van der Waals surface area contributed by atoms with Gasteiger partial charge in [0.05, 0.1) is 0 Å². The Labute approximate surface area is 220 Å². The number of aromatic amines is 1. The summed E-state index contributed by atoms with van der Waals surface area (Å²) in [6.07, 6.45) is 4.38. The van der Waals surface area contributed by atoms with Crippen LogP contribution < -0.4 is 16.2 Å². The fourth-order valence-electron chi connectivity index (χ4n) is 4.76. The van der Waals surface area contributed by atoms with Crippen LogP contribution in [0.5, 0.6) is 0 Å². The quantitative estimate of drug-likeness (QED) is 0.435. The highest BCUT2D eigenvalue weighted by atomic mass is 16.2. The van der Waals surface area contributed by atoms with Crippen LogP contribution in [0.1, 0.15) is 69.8 Å². The van der Waals surface area contributed by atoms with Crippen molar-refractivity contribution in [2.75, 3.05) is 38.0 Å². The average Bonchev–Trinajstić information content (AvgIpc) is 2.85. The maximum atomic E-state index is 12.9. The molecule has 3 amide bonds. The van der Waals surface area contributed by atoms with Crippen LogP contribution in [-0.2, 0) is 5.41 Å². The smallest absolute Gasteiger partial charge is 0.319 e. The number of likely N-dealkylation sites (tertiary alicyclic amines) is 1. The van der Waals surface area contributed by atoms with Crippen LogP contribution in [0.4, 0.5) is 10.5 Å². The van der Waals surface area contributed by atoms with E-state index >= 15 is 0 Å². The van der Waals surface area contributed by atoms with Crippen molar-refractivity contribution in [1.29, 1.82) is 0 Å². The zero-order valence-corrected chi connectivity index (χ0v) is 23.0. The summed E-state index contributed by atoms with van der Waals surface area (Å²) >= 11 is 0. The van der Waals surface area contributed by atoms with Gasteiger partial charge < -0.3 is 25.4 Å². The van der Waals surface area contributed by atoms with E-state index in [1.807, 2.05) is 29.2 Å². The van der Waals surface area contributed by atoms with Gasteiger partial charge in [-0.05, 0) is 74.3 Å². The van der Waals surface area contributed by atoms with E-state index in [0.717, 1.165) is 38.0 Å². The molecule has 8 heteroatoms. The zero-order chi connectivity index (χ0) is 27.0. The van der Waals surface area contributed by atoms with Gasteiger partial charge in [-0.2, -0.15) is 0 Å². The lowest BCUT2D eigenvalue weighted by Crippen LogP contribution is -2.46. The van der Waals surface area contributed by atoms with Crippen LogP contribution in [0.15, 0.2) is 47.4 Å². The number of urea groups is 1. The third-order valence-electron chi connectivity index (χ3n) is 6.99. The SMILES string of the molecule is CC(C)N(CCCNC(=O)Nc1ccc(C(C)(C)C)cc1)CC1CCCN(C(=O)c2ccc[nH]c2=O)C1. The Morgan fingerprint density at radius 1 is 1.16 bits per heavy atom. The van der Waals surface area contributed by atoms with Gasteiger partial charge in [0.15, 0.2) is 0 Å². The van der Waals surface area contributed by atoms with Gasteiger partial charge in [-0.3, -0.25) is 9.59 Å². The van der Waals surface area contributed by atoms with E-state index in [0.29, 0.717) is 31.6 Å². The molecule has 1 fully saturated rings. The minimum atomic E-state index is -0.336. The summed E-state index contributed by atoms with van der Waals surface area (Å²) in [6.45, 7) is 14.5. The topological polar surface area (TPSA) is 97.5 Å². The highest BCUT2D eigenvalue weighted by Crippen LogP contribution is 2.23. The van der Waals surface area contributed by atoms with E-state index in [1.54, 1.807) is 18.3 Å². The summed E-state index contributed by atoms with van der Waals surface area (Å²) < 4.78 is 0. The lowest BCUT2D eigenvalue weighted by molar-refractivity contribution is 0.0622. The van der Waals surface area contributed by atoms with Gasteiger partial charge in [0.1, 0.15) is 5.56 Å². The Kier molecular flexibility index (Phi) is 9.92. The number of rotatable bonds is 9. The number of amides is 3. The van der Waals surface area contributed by atoms with E-state index in [9.17, 15) is 14.4 Å². The molecule has 202 valence electrons. The third kappa shape index (κ3) is 8.45. The molecular formula is C29H43N5O3. The molecule has 3 rings (SSSR count). The summed E-state index contributed by atoms with van der Waals surface area (Å²) in [6, 6.07) is 11.4. The molecule has 1 aliphatic rings. The normalized spacial score (nSPS) is 16.2. The van der Waals surface area contributed by atoms with Gasteiger partial charge >= 0.3 is 6.03 Å². The molecule has 1 unspecified atom stereocenters. The molecule has 1 saturated heterocycles. The van der Waals surface area contributed by atoms with E-state index in [4.69, 9.17) is 0 Å². The molecule has 2 heterocycles. The number of H-pyrrole nitrogens is 1. The summed E-state index contributed by atoms with van der Waals surface area (Å²) in [4.78, 5) is 44.1. The molecule has 1 aliphatic heterocycles. The largest absolute Gasteiger partial charge is 0.338 e. The second kappa shape index (κ2) is 12.9. The number of piperidine rings is 1. The number of hydrogen-bond donors (Lipinski definition) is 3. The van der Waals surface area contributed by atoms with Crippen molar-refractivity contribution in [3.63, 3.8) is 0 Å². The molecule has 3 N–H and O–H groups in total. The first-order valence-electron chi connectivity index (χ1n) is 13.4. The average molecular weight is 510 g/mol. The minimum Gasteiger partial charge on any atom is -0.338 e. The number of carbonyl (C=O) groups is 2. The zero-order valence-electron chi connectivity index (χ0n) is 23.0. The Morgan fingerprint density at radius 2 is 1.89 bits per heavy atom. The third-order valence-corrected chi connectivity index (χ3v) is 6.99. The van der Waals surface area contributed by atoms with Crippen molar-refractivity contribution in [1.82, 2.24) is 20.1 Å². The molecule has 8 nitrogen and oxygen atoms in total. The monoisotopic (exact) mass is 509 g/mol. The molecule has 0 radical (unpaired) electrons. The Balaban J connectivity index is 1.43. The van der Waals surface area contributed by atoms with E-state index in [1.165, 1.54) is 5.56 Å². The molecule has 0 spiro atoms. The van der Waals surface area contributed by atoms with Crippen molar-refractivity contribution >= 4 is 17.6 Å². The predicted octanol–water partition coefficient (Wildman–Crippen LogP) is 4.45. The minimum absolute atomic E-state index is 0.0790. The van der Waals surface area contributed by atoms with E-state index < -0.39 is 0 Å². The number of nitrogens with one attached hydrogen (secondary N) is 3. The molecule has 1 aromatic carbocycles. The van der Waals surface area contributed by atoms with Gasteiger partial charge in [0.25, 0.3) is 11.5 Å². The maximum Gasteiger partial charge on any atom is 0.319 e. The Hall–Kier alpha value is -3.13.